The van der Waals surface area contributed by atoms with Crippen molar-refractivity contribution in [1.82, 2.24) is 9.55 Å². The Morgan fingerprint density at radius 2 is 2.17 bits per heavy atom. The van der Waals surface area contributed by atoms with E-state index in [1.165, 1.54) is 0 Å². The number of nitrogens with one attached hydrogen (secondary N) is 1. The first-order chi connectivity index (χ1) is 10.5. The summed E-state index contributed by atoms with van der Waals surface area (Å²) in [6, 6.07) is 1.23. The molecule has 1 aromatic carbocycles. The van der Waals surface area contributed by atoms with Gasteiger partial charge in [-0.3, -0.25) is 0 Å². The summed E-state index contributed by atoms with van der Waals surface area (Å²) in [5.41, 5.74) is 6.45. The lowest BCUT2D eigenvalue weighted by molar-refractivity contribution is 0.0520. The first-order valence-corrected chi connectivity index (χ1v) is 7.22. The molecular formula is C14H16ClF2N3O2S. The molecule has 23 heavy (non-hydrogen) atoms. The molecule has 126 valence electrons. The highest BCUT2D eigenvalue weighted by atomic mass is 35.5. The van der Waals surface area contributed by atoms with E-state index in [9.17, 15) is 13.9 Å². The molecule has 0 fully saturated rings. The van der Waals surface area contributed by atoms with Crippen LogP contribution in [-0.2, 0) is 6.42 Å². The van der Waals surface area contributed by atoms with E-state index in [1.54, 1.807) is 10.8 Å². The zero-order valence-corrected chi connectivity index (χ0v) is 13.6. The standard InChI is InChI=1S/C14H15F2N3O2S.ClH/c15-7-3-9-12(20)11(6-21-13(9)10(16)4-7)19-8(1-2-17)5-18-14(19)22;/h3-5,11-12,20H,1-2,6,17H2,(H,18,22);1H/t11-,12+;/m0./s1. The zero-order valence-electron chi connectivity index (χ0n) is 12.0. The number of hydrogen-bond donors (Lipinski definition) is 3. The van der Waals surface area contributed by atoms with Crippen LogP contribution in [0.1, 0.15) is 23.4 Å². The highest BCUT2D eigenvalue weighted by molar-refractivity contribution is 7.71. The van der Waals surface area contributed by atoms with Gasteiger partial charge in [0.1, 0.15) is 24.6 Å². The van der Waals surface area contributed by atoms with Crippen molar-refractivity contribution in [3.63, 3.8) is 0 Å². The Morgan fingerprint density at radius 1 is 1.43 bits per heavy atom. The van der Waals surface area contributed by atoms with Gasteiger partial charge in [-0.05, 0) is 24.8 Å². The number of aliphatic hydroxyl groups is 1. The van der Waals surface area contributed by atoms with Crippen LogP contribution in [0.3, 0.4) is 0 Å². The molecule has 0 unspecified atom stereocenters. The van der Waals surface area contributed by atoms with Gasteiger partial charge < -0.3 is 25.1 Å². The number of nitrogens with zero attached hydrogens (tertiary/aromatic N) is 1. The Kier molecular flexibility index (Phi) is 5.41. The molecule has 3 rings (SSSR count). The number of hydrogen-bond acceptors (Lipinski definition) is 4. The average Bonchev–Trinajstić information content (AvgIpc) is 2.82. The van der Waals surface area contributed by atoms with Gasteiger partial charge in [-0.25, -0.2) is 8.78 Å². The van der Waals surface area contributed by atoms with Crippen molar-refractivity contribution in [3.8, 4) is 5.75 Å². The Balaban J connectivity index is 0.00000192. The SMILES string of the molecule is Cl.NCCc1c[nH]c(=S)n1[C@H]1COc2c(F)cc(F)cc2[C@H]1O. The Morgan fingerprint density at radius 3 is 2.87 bits per heavy atom. The van der Waals surface area contributed by atoms with E-state index in [-0.39, 0.29) is 30.3 Å². The molecule has 0 amide bonds. The van der Waals surface area contributed by atoms with Gasteiger partial charge in [-0.1, -0.05) is 0 Å². The second kappa shape index (κ2) is 6.96. The van der Waals surface area contributed by atoms with Crippen molar-refractivity contribution in [2.24, 2.45) is 5.73 Å². The number of H-pyrrole nitrogens is 1. The first-order valence-electron chi connectivity index (χ1n) is 6.81. The molecule has 9 heteroatoms. The number of aromatic amines is 1. The summed E-state index contributed by atoms with van der Waals surface area (Å²) in [4.78, 5) is 2.89. The van der Waals surface area contributed by atoms with Crippen LogP contribution in [0.5, 0.6) is 5.75 Å². The third kappa shape index (κ3) is 3.12. The molecule has 5 nitrogen and oxygen atoms in total. The van der Waals surface area contributed by atoms with E-state index in [2.05, 4.69) is 4.98 Å². The van der Waals surface area contributed by atoms with Gasteiger partial charge in [0.15, 0.2) is 16.3 Å². The largest absolute Gasteiger partial charge is 0.488 e. The van der Waals surface area contributed by atoms with Gasteiger partial charge in [0.25, 0.3) is 0 Å². The number of nitrogens with two attached hydrogens (primary N) is 1. The topological polar surface area (TPSA) is 76.2 Å². The van der Waals surface area contributed by atoms with E-state index < -0.39 is 23.8 Å². The van der Waals surface area contributed by atoms with Crippen molar-refractivity contribution < 1.29 is 18.6 Å². The molecule has 0 saturated heterocycles. The fraction of sp³-hybridized carbons (Fsp3) is 0.357. The van der Waals surface area contributed by atoms with Gasteiger partial charge >= 0.3 is 0 Å². The number of aromatic nitrogens is 2. The van der Waals surface area contributed by atoms with Crippen molar-refractivity contribution >= 4 is 24.6 Å². The molecular weight excluding hydrogens is 348 g/mol. The predicted molar refractivity (Wildman–Crippen MR) is 85.5 cm³/mol. The highest BCUT2D eigenvalue weighted by Gasteiger charge is 2.34. The monoisotopic (exact) mass is 363 g/mol. The van der Waals surface area contributed by atoms with Gasteiger partial charge in [0.05, 0.1) is 0 Å². The molecule has 0 aliphatic carbocycles. The van der Waals surface area contributed by atoms with E-state index in [0.29, 0.717) is 17.7 Å². The van der Waals surface area contributed by atoms with E-state index in [0.717, 1.165) is 17.8 Å². The smallest absolute Gasteiger partial charge is 0.177 e. The Labute approximate surface area is 142 Å². The summed E-state index contributed by atoms with van der Waals surface area (Å²) in [5, 5.41) is 10.5. The number of imidazole rings is 1. The number of aliphatic hydroxyl groups excluding tert-OH is 1. The molecule has 0 bridgehead atoms. The minimum absolute atomic E-state index is 0. The fourth-order valence-corrected chi connectivity index (χ4v) is 3.07. The predicted octanol–water partition coefficient (Wildman–Crippen LogP) is 2.41. The third-order valence-corrected chi connectivity index (χ3v) is 4.06. The zero-order chi connectivity index (χ0) is 15.9. The van der Waals surface area contributed by atoms with Gasteiger partial charge in [-0.15, -0.1) is 12.4 Å². The van der Waals surface area contributed by atoms with Gasteiger partial charge in [0.2, 0.25) is 0 Å². The van der Waals surface area contributed by atoms with Gasteiger partial charge in [0, 0.05) is 29.9 Å². The maximum Gasteiger partial charge on any atom is 0.177 e. The maximum absolute atomic E-state index is 13.7. The van der Waals surface area contributed by atoms with Crippen LogP contribution in [-0.4, -0.2) is 27.8 Å². The summed E-state index contributed by atoms with van der Waals surface area (Å²) < 4.78 is 34.6. The molecule has 2 aromatic rings. The summed E-state index contributed by atoms with van der Waals surface area (Å²) in [6.45, 7) is 0.441. The number of ether oxygens (including phenoxy) is 1. The molecule has 1 aliphatic heterocycles. The van der Waals surface area contributed by atoms with Crippen LogP contribution in [0.4, 0.5) is 8.78 Å². The van der Waals surface area contributed by atoms with Crippen LogP contribution in [0.25, 0.3) is 0 Å². The lowest BCUT2D eigenvalue weighted by Gasteiger charge is -2.32. The molecule has 0 saturated carbocycles. The molecule has 4 N–H and O–H groups in total. The maximum atomic E-state index is 13.7. The molecule has 1 aliphatic rings. The average molecular weight is 364 g/mol. The van der Waals surface area contributed by atoms with Crippen molar-refractivity contribution in [1.29, 1.82) is 0 Å². The molecule has 2 atom stereocenters. The second-order valence-electron chi connectivity index (χ2n) is 5.12. The van der Waals surface area contributed by atoms with Crippen LogP contribution in [0, 0.1) is 16.4 Å². The lowest BCUT2D eigenvalue weighted by Crippen LogP contribution is -2.31. The van der Waals surface area contributed by atoms with Crippen molar-refractivity contribution in [2.75, 3.05) is 13.2 Å². The number of halogens is 3. The van der Waals surface area contributed by atoms with E-state index in [1.807, 2.05) is 0 Å². The summed E-state index contributed by atoms with van der Waals surface area (Å²) >= 11 is 5.22. The van der Waals surface area contributed by atoms with Crippen LogP contribution in [0.15, 0.2) is 18.3 Å². The number of rotatable bonds is 3. The van der Waals surface area contributed by atoms with Crippen LogP contribution in [0.2, 0.25) is 0 Å². The van der Waals surface area contributed by atoms with Crippen molar-refractivity contribution in [3.05, 3.63) is 46.0 Å². The van der Waals surface area contributed by atoms with Crippen molar-refractivity contribution in [2.45, 2.75) is 18.6 Å². The quantitative estimate of drug-likeness (QED) is 0.732. The number of benzene rings is 1. The van der Waals surface area contributed by atoms with Gasteiger partial charge in [-0.2, -0.15) is 0 Å². The minimum atomic E-state index is -1.13. The van der Waals surface area contributed by atoms with Crippen LogP contribution >= 0.6 is 24.6 Å². The minimum Gasteiger partial charge on any atom is -0.488 e. The molecule has 1 aromatic heterocycles. The molecule has 0 radical (unpaired) electrons. The molecule has 2 heterocycles. The lowest BCUT2D eigenvalue weighted by atomic mass is 9.98. The number of fused-ring (bicyclic) bond motifs is 1. The molecule has 0 spiro atoms. The Hall–Kier alpha value is -1.48. The van der Waals surface area contributed by atoms with E-state index >= 15 is 0 Å². The van der Waals surface area contributed by atoms with Crippen LogP contribution < -0.4 is 10.5 Å². The second-order valence-corrected chi connectivity index (χ2v) is 5.51. The fourth-order valence-electron chi connectivity index (χ4n) is 2.75. The summed E-state index contributed by atoms with van der Waals surface area (Å²) in [6.07, 6.45) is 1.14. The third-order valence-electron chi connectivity index (χ3n) is 3.74. The summed E-state index contributed by atoms with van der Waals surface area (Å²) in [7, 11) is 0. The van der Waals surface area contributed by atoms with E-state index in [4.69, 9.17) is 22.7 Å². The Bertz CT molecular complexity index is 765. The first kappa shape index (κ1) is 17.9. The normalized spacial score (nSPS) is 19.7. The highest BCUT2D eigenvalue weighted by Crippen LogP contribution is 2.40. The summed E-state index contributed by atoms with van der Waals surface area (Å²) in [5.74, 6) is -1.71.